The molecule has 2 aliphatic heterocycles. The van der Waals surface area contributed by atoms with Gasteiger partial charge in [-0.05, 0) is 26.7 Å². The second-order valence-corrected chi connectivity index (χ2v) is 8.64. The molecule has 0 radical (unpaired) electrons. The number of amides is 1. The number of carbonyl (C=O) groups is 1. The van der Waals surface area contributed by atoms with Crippen molar-refractivity contribution in [2.24, 2.45) is 13.0 Å². The Morgan fingerprint density at radius 1 is 1.20 bits per heavy atom. The molecular weight excluding hydrogens is 344 g/mol. The van der Waals surface area contributed by atoms with Crippen molar-refractivity contribution >= 4 is 15.9 Å². The van der Waals surface area contributed by atoms with Crippen molar-refractivity contribution in [3.63, 3.8) is 0 Å². The lowest BCUT2D eigenvalue weighted by Gasteiger charge is -2.24. The van der Waals surface area contributed by atoms with Gasteiger partial charge in [0, 0.05) is 39.8 Å². The van der Waals surface area contributed by atoms with Crippen molar-refractivity contribution in [1.82, 2.24) is 19.0 Å². The van der Waals surface area contributed by atoms with Gasteiger partial charge in [0.15, 0.2) is 0 Å². The van der Waals surface area contributed by atoms with Crippen LogP contribution in [0.2, 0.25) is 0 Å². The average Bonchev–Trinajstić information content (AvgIpc) is 3.08. The molecule has 3 rings (SSSR count). The first-order valence-corrected chi connectivity index (χ1v) is 10.1. The van der Waals surface area contributed by atoms with E-state index in [9.17, 15) is 13.2 Å². The summed E-state index contributed by atoms with van der Waals surface area (Å²) in [7, 11) is -1.86. The summed E-state index contributed by atoms with van der Waals surface area (Å²) in [6, 6.07) is 0. The van der Waals surface area contributed by atoms with Crippen molar-refractivity contribution in [3.05, 3.63) is 11.4 Å². The Labute approximate surface area is 148 Å². The van der Waals surface area contributed by atoms with Crippen molar-refractivity contribution in [2.45, 2.75) is 31.6 Å². The van der Waals surface area contributed by atoms with Gasteiger partial charge in [-0.2, -0.15) is 9.40 Å². The number of hydrogen-bond acceptors (Lipinski definition) is 5. The van der Waals surface area contributed by atoms with Gasteiger partial charge >= 0.3 is 0 Å². The Morgan fingerprint density at radius 3 is 2.56 bits per heavy atom. The van der Waals surface area contributed by atoms with E-state index in [0.29, 0.717) is 62.1 Å². The molecule has 0 spiro atoms. The largest absolute Gasteiger partial charge is 0.381 e. The minimum absolute atomic E-state index is 0.0778. The highest BCUT2D eigenvalue weighted by Gasteiger charge is 2.34. The van der Waals surface area contributed by atoms with E-state index in [2.05, 4.69) is 5.10 Å². The van der Waals surface area contributed by atoms with Gasteiger partial charge in [0.25, 0.3) is 0 Å². The Balaban J connectivity index is 1.75. The zero-order valence-electron chi connectivity index (χ0n) is 15.1. The predicted molar refractivity (Wildman–Crippen MR) is 91.6 cm³/mol. The van der Waals surface area contributed by atoms with Gasteiger partial charge in [-0.15, -0.1) is 0 Å². The summed E-state index contributed by atoms with van der Waals surface area (Å²) in [6.45, 7) is 6.33. The van der Waals surface area contributed by atoms with E-state index in [0.717, 1.165) is 6.42 Å². The standard InChI is InChI=1S/C16H26N4O4S/c1-12-15(13(2)18(3)17-12)25(22,23)20-7-4-6-19(8-9-20)16(21)14-5-10-24-11-14/h14H,4-11H2,1-3H3/t14-/m0/s1. The topological polar surface area (TPSA) is 84.7 Å². The second kappa shape index (κ2) is 7.05. The van der Waals surface area contributed by atoms with E-state index in [-0.39, 0.29) is 11.8 Å². The van der Waals surface area contributed by atoms with Crippen molar-refractivity contribution < 1.29 is 17.9 Å². The quantitative estimate of drug-likeness (QED) is 0.764. The first kappa shape index (κ1) is 18.3. The molecule has 1 amide bonds. The summed E-state index contributed by atoms with van der Waals surface area (Å²) >= 11 is 0. The minimum Gasteiger partial charge on any atom is -0.381 e. The summed E-state index contributed by atoms with van der Waals surface area (Å²) in [5.74, 6) is 0.0106. The molecule has 0 aliphatic carbocycles. The maximum absolute atomic E-state index is 13.1. The zero-order chi connectivity index (χ0) is 18.2. The molecule has 0 saturated carbocycles. The lowest BCUT2D eigenvalue weighted by molar-refractivity contribution is -0.135. The highest BCUT2D eigenvalue weighted by molar-refractivity contribution is 7.89. The van der Waals surface area contributed by atoms with Crippen LogP contribution in [0.1, 0.15) is 24.2 Å². The van der Waals surface area contributed by atoms with Crippen molar-refractivity contribution in [1.29, 1.82) is 0 Å². The first-order chi connectivity index (χ1) is 11.8. The molecule has 9 heteroatoms. The Kier molecular flexibility index (Phi) is 5.17. The SMILES string of the molecule is Cc1nn(C)c(C)c1S(=O)(=O)N1CCCN(C(=O)[C@H]2CCOC2)CC1. The molecule has 2 fully saturated rings. The van der Waals surface area contributed by atoms with E-state index < -0.39 is 10.0 Å². The van der Waals surface area contributed by atoms with Crippen LogP contribution in [0.15, 0.2) is 4.90 Å². The molecule has 8 nitrogen and oxygen atoms in total. The van der Waals surface area contributed by atoms with Crippen LogP contribution in [-0.4, -0.2) is 72.7 Å². The van der Waals surface area contributed by atoms with Crippen LogP contribution in [0.5, 0.6) is 0 Å². The highest BCUT2D eigenvalue weighted by atomic mass is 32.2. The lowest BCUT2D eigenvalue weighted by atomic mass is 10.1. The molecular formula is C16H26N4O4S. The van der Waals surface area contributed by atoms with Crippen LogP contribution in [0.25, 0.3) is 0 Å². The molecule has 25 heavy (non-hydrogen) atoms. The number of ether oxygens (including phenoxy) is 1. The molecule has 1 aromatic rings. The lowest BCUT2D eigenvalue weighted by Crippen LogP contribution is -2.40. The smallest absolute Gasteiger partial charge is 0.246 e. The van der Waals surface area contributed by atoms with E-state index in [1.165, 1.54) is 4.31 Å². The zero-order valence-corrected chi connectivity index (χ0v) is 15.9. The fraction of sp³-hybridized carbons (Fsp3) is 0.750. The molecule has 3 heterocycles. The third-order valence-electron chi connectivity index (χ3n) is 5.09. The molecule has 0 unspecified atom stereocenters. The van der Waals surface area contributed by atoms with Gasteiger partial charge in [0.2, 0.25) is 15.9 Å². The van der Waals surface area contributed by atoms with Gasteiger partial charge < -0.3 is 9.64 Å². The summed E-state index contributed by atoms with van der Waals surface area (Å²) in [4.78, 5) is 14.6. The summed E-state index contributed by atoms with van der Waals surface area (Å²) in [5, 5.41) is 4.22. The van der Waals surface area contributed by atoms with E-state index in [4.69, 9.17) is 4.74 Å². The molecule has 1 aromatic heterocycles. The molecule has 140 valence electrons. The monoisotopic (exact) mass is 370 g/mol. The number of nitrogens with zero attached hydrogens (tertiary/aromatic N) is 4. The van der Waals surface area contributed by atoms with Crippen LogP contribution < -0.4 is 0 Å². The van der Waals surface area contributed by atoms with E-state index in [1.807, 2.05) is 0 Å². The number of sulfonamides is 1. The van der Waals surface area contributed by atoms with Crippen LogP contribution in [0.4, 0.5) is 0 Å². The number of carbonyl (C=O) groups excluding carboxylic acids is 1. The number of hydrogen-bond donors (Lipinski definition) is 0. The van der Waals surface area contributed by atoms with Crippen molar-refractivity contribution in [3.8, 4) is 0 Å². The van der Waals surface area contributed by atoms with E-state index >= 15 is 0 Å². The van der Waals surface area contributed by atoms with Crippen LogP contribution >= 0.6 is 0 Å². The van der Waals surface area contributed by atoms with Crippen LogP contribution in [0, 0.1) is 19.8 Å². The third kappa shape index (κ3) is 3.45. The minimum atomic E-state index is -3.61. The number of rotatable bonds is 3. The van der Waals surface area contributed by atoms with Crippen molar-refractivity contribution in [2.75, 3.05) is 39.4 Å². The first-order valence-electron chi connectivity index (χ1n) is 8.69. The molecule has 0 bridgehead atoms. The van der Waals surface area contributed by atoms with Gasteiger partial charge in [-0.25, -0.2) is 8.42 Å². The van der Waals surface area contributed by atoms with Gasteiger partial charge in [-0.3, -0.25) is 9.48 Å². The summed E-state index contributed by atoms with van der Waals surface area (Å²) in [6.07, 6.45) is 1.39. The average molecular weight is 370 g/mol. The van der Waals surface area contributed by atoms with Crippen LogP contribution in [-0.2, 0) is 26.6 Å². The normalized spacial score (nSPS) is 23.0. The highest BCUT2D eigenvalue weighted by Crippen LogP contribution is 2.24. The third-order valence-corrected chi connectivity index (χ3v) is 7.24. The molecule has 1 atom stereocenters. The Bertz CT molecular complexity index is 752. The maximum atomic E-state index is 13.1. The number of aromatic nitrogens is 2. The molecule has 2 aliphatic rings. The number of aryl methyl sites for hydroxylation is 2. The fourth-order valence-electron chi connectivity index (χ4n) is 3.60. The Morgan fingerprint density at radius 2 is 1.96 bits per heavy atom. The van der Waals surface area contributed by atoms with Gasteiger partial charge in [0.1, 0.15) is 4.90 Å². The van der Waals surface area contributed by atoms with Gasteiger partial charge in [-0.1, -0.05) is 0 Å². The van der Waals surface area contributed by atoms with E-state index in [1.54, 1.807) is 30.5 Å². The predicted octanol–water partition coefficient (Wildman–Crippen LogP) is 0.296. The fourth-order valence-corrected chi connectivity index (χ4v) is 5.47. The maximum Gasteiger partial charge on any atom is 0.246 e. The second-order valence-electron chi connectivity index (χ2n) is 6.77. The molecule has 2 saturated heterocycles. The summed E-state index contributed by atoms with van der Waals surface area (Å²) < 4.78 is 34.5. The van der Waals surface area contributed by atoms with Gasteiger partial charge in [0.05, 0.1) is 23.9 Å². The Hall–Kier alpha value is -1.45. The molecule has 0 N–H and O–H groups in total. The summed E-state index contributed by atoms with van der Waals surface area (Å²) in [5.41, 5.74) is 1.15. The van der Waals surface area contributed by atoms with Crippen LogP contribution in [0.3, 0.4) is 0 Å². The molecule has 0 aromatic carbocycles.